The van der Waals surface area contributed by atoms with Gasteiger partial charge in [-0.25, -0.2) is 9.97 Å². The fourth-order valence-electron chi connectivity index (χ4n) is 2.70. The van der Waals surface area contributed by atoms with Crippen LogP contribution in [0.4, 0.5) is 5.82 Å². The van der Waals surface area contributed by atoms with Crippen molar-refractivity contribution in [3.05, 3.63) is 12.5 Å². The number of nitrogens with two attached hydrogens (primary N) is 1. The van der Waals surface area contributed by atoms with E-state index in [9.17, 15) is 0 Å². The Labute approximate surface area is 106 Å². The number of rotatable bonds is 2. The summed E-state index contributed by atoms with van der Waals surface area (Å²) in [5, 5.41) is 5.27. The third kappa shape index (κ3) is 1.73. The third-order valence-corrected chi connectivity index (χ3v) is 3.68. The molecule has 1 aliphatic heterocycles. The van der Waals surface area contributed by atoms with Crippen LogP contribution in [-0.2, 0) is 7.05 Å². The van der Waals surface area contributed by atoms with Gasteiger partial charge in [-0.05, 0) is 19.3 Å². The van der Waals surface area contributed by atoms with Crippen LogP contribution in [0.3, 0.4) is 0 Å². The molecule has 1 unspecified atom stereocenters. The number of aryl methyl sites for hydroxylation is 1. The summed E-state index contributed by atoms with van der Waals surface area (Å²) >= 11 is 0. The molecule has 1 saturated heterocycles. The van der Waals surface area contributed by atoms with Crippen LogP contribution in [0.5, 0.6) is 0 Å². The zero-order chi connectivity index (χ0) is 12.5. The second kappa shape index (κ2) is 4.53. The molecule has 2 aromatic heterocycles. The first kappa shape index (κ1) is 11.4. The molecule has 96 valence electrons. The molecule has 6 nitrogen and oxygen atoms in total. The van der Waals surface area contributed by atoms with Crippen molar-refractivity contribution in [3.63, 3.8) is 0 Å². The minimum atomic E-state index is 0.386. The molecular formula is C12H18N6. The lowest BCUT2D eigenvalue weighted by molar-refractivity contribution is 0.463. The predicted molar refractivity (Wildman–Crippen MR) is 70.3 cm³/mol. The van der Waals surface area contributed by atoms with Crippen molar-refractivity contribution in [1.82, 2.24) is 19.7 Å². The highest BCUT2D eigenvalue weighted by molar-refractivity contribution is 5.86. The third-order valence-electron chi connectivity index (χ3n) is 3.68. The van der Waals surface area contributed by atoms with Gasteiger partial charge < -0.3 is 10.6 Å². The van der Waals surface area contributed by atoms with Gasteiger partial charge >= 0.3 is 0 Å². The summed E-state index contributed by atoms with van der Waals surface area (Å²) < 4.78 is 1.78. The normalized spacial score (nSPS) is 20.6. The number of hydrogen-bond donors (Lipinski definition) is 1. The second-order valence-electron chi connectivity index (χ2n) is 4.78. The topological polar surface area (TPSA) is 72.9 Å². The summed E-state index contributed by atoms with van der Waals surface area (Å²) in [4.78, 5) is 11.0. The zero-order valence-corrected chi connectivity index (χ0v) is 10.6. The van der Waals surface area contributed by atoms with Crippen LogP contribution in [0.1, 0.15) is 19.3 Å². The Morgan fingerprint density at radius 2 is 2.28 bits per heavy atom. The molecule has 0 bridgehead atoms. The van der Waals surface area contributed by atoms with Crippen molar-refractivity contribution in [2.75, 3.05) is 18.0 Å². The molecule has 1 aliphatic rings. The molecular weight excluding hydrogens is 228 g/mol. The lowest BCUT2D eigenvalue weighted by Crippen LogP contribution is -2.44. The first-order valence-electron chi connectivity index (χ1n) is 6.40. The van der Waals surface area contributed by atoms with Gasteiger partial charge in [0, 0.05) is 26.2 Å². The smallest absolute Gasteiger partial charge is 0.163 e. The Hall–Kier alpha value is -1.69. The van der Waals surface area contributed by atoms with Crippen LogP contribution in [-0.4, -0.2) is 38.9 Å². The SMILES string of the molecule is Cn1ncc2c(N3CCCCC3CN)ncnc21. The zero-order valence-electron chi connectivity index (χ0n) is 10.6. The maximum atomic E-state index is 5.87. The summed E-state index contributed by atoms with van der Waals surface area (Å²) in [5.74, 6) is 0.975. The molecule has 1 atom stereocenters. The van der Waals surface area contributed by atoms with Crippen LogP contribution in [0.15, 0.2) is 12.5 Å². The lowest BCUT2D eigenvalue weighted by Gasteiger charge is -2.36. The van der Waals surface area contributed by atoms with E-state index in [1.54, 1.807) is 11.0 Å². The molecule has 18 heavy (non-hydrogen) atoms. The van der Waals surface area contributed by atoms with Crippen molar-refractivity contribution in [2.45, 2.75) is 25.3 Å². The molecule has 0 saturated carbocycles. The maximum absolute atomic E-state index is 5.87. The standard InChI is InChI=1S/C12H18N6/c1-17-11-10(7-16-17)12(15-8-14-11)18-5-3-2-4-9(18)6-13/h7-9H,2-6,13H2,1H3. The van der Waals surface area contributed by atoms with Gasteiger partial charge in [-0.1, -0.05) is 0 Å². The van der Waals surface area contributed by atoms with E-state index in [1.165, 1.54) is 12.8 Å². The van der Waals surface area contributed by atoms with Crippen LogP contribution in [0.25, 0.3) is 11.0 Å². The highest BCUT2D eigenvalue weighted by atomic mass is 15.3. The highest BCUT2D eigenvalue weighted by Gasteiger charge is 2.24. The molecule has 0 aromatic carbocycles. The number of piperidine rings is 1. The van der Waals surface area contributed by atoms with Crippen molar-refractivity contribution >= 4 is 16.9 Å². The second-order valence-corrected chi connectivity index (χ2v) is 4.78. The Bertz CT molecular complexity index is 548. The Morgan fingerprint density at radius 1 is 1.39 bits per heavy atom. The van der Waals surface area contributed by atoms with Gasteiger partial charge in [-0.2, -0.15) is 5.10 Å². The maximum Gasteiger partial charge on any atom is 0.163 e. The summed E-state index contributed by atoms with van der Waals surface area (Å²) in [7, 11) is 1.90. The van der Waals surface area contributed by atoms with Crippen molar-refractivity contribution in [2.24, 2.45) is 12.8 Å². The van der Waals surface area contributed by atoms with E-state index in [4.69, 9.17) is 5.73 Å². The molecule has 6 heteroatoms. The number of nitrogens with zero attached hydrogens (tertiary/aromatic N) is 5. The van der Waals surface area contributed by atoms with Crippen molar-refractivity contribution in [3.8, 4) is 0 Å². The first-order chi connectivity index (χ1) is 8.81. The molecule has 1 fully saturated rings. The van der Waals surface area contributed by atoms with E-state index in [1.807, 2.05) is 13.2 Å². The average Bonchev–Trinajstić information content (AvgIpc) is 2.81. The summed E-state index contributed by atoms with van der Waals surface area (Å²) in [5.41, 5.74) is 6.75. The van der Waals surface area contributed by atoms with Gasteiger partial charge in [-0.3, -0.25) is 4.68 Å². The number of anilines is 1. The van der Waals surface area contributed by atoms with E-state index < -0.39 is 0 Å². The molecule has 2 N–H and O–H groups in total. The first-order valence-corrected chi connectivity index (χ1v) is 6.40. The van der Waals surface area contributed by atoms with E-state index in [0.717, 1.165) is 29.8 Å². The Morgan fingerprint density at radius 3 is 3.11 bits per heavy atom. The number of hydrogen-bond acceptors (Lipinski definition) is 5. The van der Waals surface area contributed by atoms with Gasteiger partial charge in [0.15, 0.2) is 5.65 Å². The van der Waals surface area contributed by atoms with Gasteiger partial charge in [0.2, 0.25) is 0 Å². The van der Waals surface area contributed by atoms with E-state index in [2.05, 4.69) is 20.0 Å². The van der Waals surface area contributed by atoms with Crippen LogP contribution in [0.2, 0.25) is 0 Å². The molecule has 0 radical (unpaired) electrons. The lowest BCUT2D eigenvalue weighted by atomic mass is 10.0. The van der Waals surface area contributed by atoms with E-state index in [-0.39, 0.29) is 0 Å². The summed E-state index contributed by atoms with van der Waals surface area (Å²) in [6.07, 6.45) is 7.04. The predicted octanol–water partition coefficient (Wildman–Crippen LogP) is 0.681. The number of fused-ring (bicyclic) bond motifs is 1. The molecule has 0 aliphatic carbocycles. The average molecular weight is 246 g/mol. The summed E-state index contributed by atoms with van der Waals surface area (Å²) in [6, 6.07) is 0.386. The quantitative estimate of drug-likeness (QED) is 0.843. The Balaban J connectivity index is 2.07. The van der Waals surface area contributed by atoms with Crippen LogP contribution < -0.4 is 10.6 Å². The molecule has 2 aromatic rings. The minimum Gasteiger partial charge on any atom is -0.352 e. The molecule has 0 amide bonds. The Kier molecular flexibility index (Phi) is 2.87. The fraction of sp³-hybridized carbons (Fsp3) is 0.583. The van der Waals surface area contributed by atoms with Gasteiger partial charge in [0.05, 0.1) is 11.6 Å². The van der Waals surface area contributed by atoms with Crippen LogP contribution >= 0.6 is 0 Å². The highest BCUT2D eigenvalue weighted by Crippen LogP contribution is 2.27. The minimum absolute atomic E-state index is 0.386. The van der Waals surface area contributed by atoms with Crippen LogP contribution in [0, 0.1) is 0 Å². The van der Waals surface area contributed by atoms with Crippen molar-refractivity contribution < 1.29 is 0 Å². The van der Waals surface area contributed by atoms with Crippen molar-refractivity contribution in [1.29, 1.82) is 0 Å². The molecule has 3 heterocycles. The van der Waals surface area contributed by atoms with Gasteiger partial charge in [-0.15, -0.1) is 0 Å². The molecule has 0 spiro atoms. The van der Waals surface area contributed by atoms with E-state index >= 15 is 0 Å². The summed E-state index contributed by atoms with van der Waals surface area (Å²) in [6.45, 7) is 1.69. The number of aromatic nitrogens is 4. The fourth-order valence-corrected chi connectivity index (χ4v) is 2.70. The van der Waals surface area contributed by atoms with Gasteiger partial charge in [0.1, 0.15) is 12.1 Å². The van der Waals surface area contributed by atoms with E-state index in [0.29, 0.717) is 12.6 Å². The monoisotopic (exact) mass is 246 g/mol. The largest absolute Gasteiger partial charge is 0.352 e. The van der Waals surface area contributed by atoms with Gasteiger partial charge in [0.25, 0.3) is 0 Å². The molecule has 3 rings (SSSR count).